The lowest BCUT2D eigenvalue weighted by atomic mass is 9.73. The highest BCUT2D eigenvalue weighted by atomic mass is 79.9. The van der Waals surface area contributed by atoms with Gasteiger partial charge in [-0.1, -0.05) is 22.0 Å². The topological polar surface area (TPSA) is 54.9 Å². The third kappa shape index (κ3) is 2.22. The summed E-state index contributed by atoms with van der Waals surface area (Å²) in [5.41, 5.74) is 2.59. The van der Waals surface area contributed by atoms with Gasteiger partial charge >= 0.3 is 0 Å². The first-order valence-electron chi connectivity index (χ1n) is 6.41. The summed E-state index contributed by atoms with van der Waals surface area (Å²) in [4.78, 5) is 20.5. The van der Waals surface area contributed by atoms with E-state index in [9.17, 15) is 4.79 Å². The standard InChI is InChI=1S/C15H14BrN3O/c1-15(5-10-6-17-9-18-7-10)13-4-12(16)3-2-11(13)8-19-14(15)20/h2-4,6-7,9H,5,8H2,1H3,(H,19,20)/t15-/m0/s1. The molecule has 1 amide bonds. The maximum atomic E-state index is 12.4. The van der Waals surface area contributed by atoms with E-state index in [2.05, 4.69) is 37.3 Å². The Kier molecular flexibility index (Phi) is 3.30. The van der Waals surface area contributed by atoms with Crippen molar-refractivity contribution in [2.75, 3.05) is 0 Å². The van der Waals surface area contributed by atoms with Crippen LogP contribution in [0.4, 0.5) is 0 Å². The summed E-state index contributed by atoms with van der Waals surface area (Å²) >= 11 is 3.49. The van der Waals surface area contributed by atoms with Crippen LogP contribution in [-0.4, -0.2) is 15.9 Å². The molecule has 0 spiro atoms. The number of amides is 1. The second-order valence-electron chi connectivity index (χ2n) is 5.24. The Labute approximate surface area is 125 Å². The van der Waals surface area contributed by atoms with Crippen LogP contribution in [-0.2, 0) is 23.2 Å². The molecule has 0 saturated heterocycles. The van der Waals surface area contributed by atoms with Crippen molar-refractivity contribution in [3.8, 4) is 0 Å². The van der Waals surface area contributed by atoms with Crippen molar-refractivity contribution in [1.29, 1.82) is 0 Å². The van der Waals surface area contributed by atoms with Gasteiger partial charge in [0.1, 0.15) is 6.33 Å². The van der Waals surface area contributed by atoms with E-state index in [-0.39, 0.29) is 5.91 Å². The predicted molar refractivity (Wildman–Crippen MR) is 79.1 cm³/mol. The summed E-state index contributed by atoms with van der Waals surface area (Å²) < 4.78 is 0.987. The molecule has 5 heteroatoms. The number of aromatic nitrogens is 2. The average Bonchev–Trinajstić information content (AvgIpc) is 2.45. The van der Waals surface area contributed by atoms with Crippen LogP contribution < -0.4 is 5.32 Å². The van der Waals surface area contributed by atoms with Crippen molar-refractivity contribution >= 4 is 21.8 Å². The molecule has 3 rings (SSSR count). The van der Waals surface area contributed by atoms with Gasteiger partial charge in [-0.3, -0.25) is 4.79 Å². The number of hydrogen-bond acceptors (Lipinski definition) is 3. The SMILES string of the molecule is C[C@@]1(Cc2cncnc2)C(=O)NCc2ccc(Br)cc21. The predicted octanol–water partition coefficient (Wildman–Crippen LogP) is 2.37. The minimum Gasteiger partial charge on any atom is -0.351 e. The zero-order chi connectivity index (χ0) is 14.2. The molecular formula is C15H14BrN3O. The number of nitrogens with zero attached hydrogens (tertiary/aromatic N) is 2. The molecular weight excluding hydrogens is 318 g/mol. The van der Waals surface area contributed by atoms with E-state index in [1.165, 1.54) is 6.33 Å². The minimum atomic E-state index is -0.595. The Hall–Kier alpha value is -1.75. The van der Waals surface area contributed by atoms with Crippen LogP contribution in [0.15, 0.2) is 41.4 Å². The molecule has 1 atom stereocenters. The van der Waals surface area contributed by atoms with Crippen LogP contribution in [0.2, 0.25) is 0 Å². The molecule has 2 heterocycles. The molecule has 1 aromatic heterocycles. The average molecular weight is 332 g/mol. The molecule has 0 aliphatic carbocycles. The summed E-state index contributed by atoms with van der Waals surface area (Å²) in [5.74, 6) is 0.0481. The molecule has 20 heavy (non-hydrogen) atoms. The van der Waals surface area contributed by atoms with Gasteiger partial charge in [-0.25, -0.2) is 9.97 Å². The van der Waals surface area contributed by atoms with Gasteiger partial charge in [-0.2, -0.15) is 0 Å². The van der Waals surface area contributed by atoms with Crippen LogP contribution in [0.5, 0.6) is 0 Å². The number of halogens is 1. The van der Waals surface area contributed by atoms with E-state index in [1.807, 2.05) is 19.1 Å². The van der Waals surface area contributed by atoms with E-state index in [4.69, 9.17) is 0 Å². The molecule has 1 N–H and O–H groups in total. The Morgan fingerprint density at radius 1 is 1.35 bits per heavy atom. The highest BCUT2D eigenvalue weighted by molar-refractivity contribution is 9.10. The van der Waals surface area contributed by atoms with Gasteiger partial charge in [0, 0.05) is 23.4 Å². The molecule has 0 fully saturated rings. The van der Waals surface area contributed by atoms with Crippen molar-refractivity contribution in [1.82, 2.24) is 15.3 Å². The lowest BCUT2D eigenvalue weighted by Crippen LogP contribution is -2.48. The molecule has 4 nitrogen and oxygen atoms in total. The van der Waals surface area contributed by atoms with Gasteiger partial charge in [0.2, 0.25) is 5.91 Å². The van der Waals surface area contributed by atoms with Gasteiger partial charge in [0.05, 0.1) is 5.41 Å². The number of rotatable bonds is 2. The zero-order valence-corrected chi connectivity index (χ0v) is 12.6. The van der Waals surface area contributed by atoms with E-state index in [1.54, 1.807) is 12.4 Å². The number of carbonyl (C=O) groups excluding carboxylic acids is 1. The highest BCUT2D eigenvalue weighted by Crippen LogP contribution is 2.35. The minimum absolute atomic E-state index is 0.0481. The Balaban J connectivity index is 2.07. The maximum Gasteiger partial charge on any atom is 0.230 e. The lowest BCUT2D eigenvalue weighted by Gasteiger charge is -2.35. The van der Waals surface area contributed by atoms with Crippen LogP contribution in [0.25, 0.3) is 0 Å². The summed E-state index contributed by atoms with van der Waals surface area (Å²) in [5, 5.41) is 2.97. The molecule has 1 aliphatic heterocycles. The second-order valence-corrected chi connectivity index (χ2v) is 6.16. The Bertz CT molecular complexity index is 659. The molecule has 1 aliphatic rings. The fraction of sp³-hybridized carbons (Fsp3) is 0.267. The number of hydrogen-bond donors (Lipinski definition) is 1. The zero-order valence-electron chi connectivity index (χ0n) is 11.1. The van der Waals surface area contributed by atoms with E-state index in [0.29, 0.717) is 13.0 Å². The van der Waals surface area contributed by atoms with Crippen LogP contribution in [0.1, 0.15) is 23.6 Å². The molecule has 0 unspecified atom stereocenters. The number of fused-ring (bicyclic) bond motifs is 1. The van der Waals surface area contributed by atoms with Crippen LogP contribution in [0.3, 0.4) is 0 Å². The molecule has 0 bridgehead atoms. The number of benzene rings is 1. The van der Waals surface area contributed by atoms with Gasteiger partial charge < -0.3 is 5.32 Å². The normalized spacial score (nSPS) is 21.2. The quantitative estimate of drug-likeness (QED) is 0.919. The third-order valence-electron chi connectivity index (χ3n) is 3.78. The molecule has 0 saturated carbocycles. The van der Waals surface area contributed by atoms with Gasteiger partial charge in [0.25, 0.3) is 0 Å². The second kappa shape index (κ2) is 4.98. The van der Waals surface area contributed by atoms with E-state index >= 15 is 0 Å². The first-order valence-corrected chi connectivity index (χ1v) is 7.20. The molecule has 102 valence electrons. The lowest BCUT2D eigenvalue weighted by molar-refractivity contribution is -0.127. The van der Waals surface area contributed by atoms with Crippen molar-refractivity contribution in [2.45, 2.75) is 25.3 Å². The Morgan fingerprint density at radius 3 is 2.85 bits per heavy atom. The largest absolute Gasteiger partial charge is 0.351 e. The fourth-order valence-corrected chi connectivity index (χ4v) is 3.08. The maximum absolute atomic E-state index is 12.4. The first kappa shape index (κ1) is 13.2. The van der Waals surface area contributed by atoms with Crippen molar-refractivity contribution in [3.05, 3.63) is 58.1 Å². The molecule has 1 aromatic carbocycles. The highest BCUT2D eigenvalue weighted by Gasteiger charge is 2.40. The first-order chi connectivity index (χ1) is 9.59. The van der Waals surface area contributed by atoms with Gasteiger partial charge in [0.15, 0.2) is 0 Å². The van der Waals surface area contributed by atoms with E-state index < -0.39 is 5.41 Å². The smallest absolute Gasteiger partial charge is 0.230 e. The van der Waals surface area contributed by atoms with Crippen molar-refractivity contribution < 1.29 is 4.79 Å². The fourth-order valence-electron chi connectivity index (χ4n) is 2.71. The molecule has 2 aromatic rings. The number of carbonyl (C=O) groups is 1. The summed E-state index contributed by atoms with van der Waals surface area (Å²) in [7, 11) is 0. The number of nitrogens with one attached hydrogen (secondary N) is 1. The molecule has 0 radical (unpaired) electrons. The third-order valence-corrected chi connectivity index (χ3v) is 4.27. The van der Waals surface area contributed by atoms with Crippen molar-refractivity contribution in [2.24, 2.45) is 0 Å². The monoisotopic (exact) mass is 331 g/mol. The summed E-state index contributed by atoms with van der Waals surface area (Å²) in [6.07, 6.45) is 5.61. The van der Waals surface area contributed by atoms with E-state index in [0.717, 1.165) is 21.2 Å². The van der Waals surface area contributed by atoms with Crippen LogP contribution in [0, 0.1) is 0 Å². The van der Waals surface area contributed by atoms with Crippen LogP contribution >= 0.6 is 15.9 Å². The summed E-state index contributed by atoms with van der Waals surface area (Å²) in [6, 6.07) is 6.10. The van der Waals surface area contributed by atoms with Gasteiger partial charge in [-0.05, 0) is 42.2 Å². The van der Waals surface area contributed by atoms with Gasteiger partial charge in [-0.15, -0.1) is 0 Å². The Morgan fingerprint density at radius 2 is 2.10 bits per heavy atom. The summed E-state index contributed by atoms with van der Waals surface area (Å²) in [6.45, 7) is 2.56. The van der Waals surface area contributed by atoms with Crippen molar-refractivity contribution in [3.63, 3.8) is 0 Å².